The topological polar surface area (TPSA) is 77.4 Å². The molecule has 1 saturated heterocycles. The van der Waals surface area contributed by atoms with E-state index in [9.17, 15) is 4.79 Å². The largest absolute Gasteiger partial charge is 0.495 e. The Labute approximate surface area is 163 Å². The second-order valence-electron chi connectivity index (χ2n) is 6.78. The first-order valence-electron chi connectivity index (χ1n) is 9.28. The quantitative estimate of drug-likeness (QED) is 0.650. The van der Waals surface area contributed by atoms with E-state index in [2.05, 4.69) is 19.9 Å². The van der Waals surface area contributed by atoms with Gasteiger partial charge in [-0.3, -0.25) is 14.7 Å². The molecule has 28 heavy (non-hydrogen) atoms. The number of benzene rings is 1. The molecule has 144 valence electrons. The van der Waals surface area contributed by atoms with E-state index in [1.54, 1.807) is 25.7 Å². The van der Waals surface area contributed by atoms with Crippen molar-refractivity contribution in [3.8, 4) is 16.9 Å². The molecule has 1 fully saturated rings. The number of carbonyl (C=O) groups excluding carboxylic acids is 1. The highest BCUT2D eigenvalue weighted by atomic mass is 16.5. The number of nitrogens with zero attached hydrogens (tertiary/aromatic N) is 4. The maximum Gasteiger partial charge on any atom is 0.154 e. The zero-order chi connectivity index (χ0) is 19.3. The highest BCUT2D eigenvalue weighted by Gasteiger charge is 2.15. The van der Waals surface area contributed by atoms with Crippen molar-refractivity contribution in [2.24, 2.45) is 0 Å². The van der Waals surface area contributed by atoms with Crippen molar-refractivity contribution in [1.82, 2.24) is 19.9 Å². The molecule has 0 aliphatic carbocycles. The fourth-order valence-corrected chi connectivity index (χ4v) is 3.26. The molecule has 4 rings (SSSR count). The van der Waals surface area contributed by atoms with Crippen LogP contribution in [-0.4, -0.2) is 65.6 Å². The Kier molecular flexibility index (Phi) is 5.55. The van der Waals surface area contributed by atoms with Gasteiger partial charge in [-0.1, -0.05) is 12.1 Å². The van der Waals surface area contributed by atoms with Gasteiger partial charge < -0.3 is 9.47 Å². The number of ether oxygens (including phenoxy) is 2. The molecule has 0 unspecified atom stereocenters. The van der Waals surface area contributed by atoms with Crippen molar-refractivity contribution in [1.29, 1.82) is 0 Å². The van der Waals surface area contributed by atoms with E-state index in [-0.39, 0.29) is 12.2 Å². The van der Waals surface area contributed by atoms with Gasteiger partial charge in [0.1, 0.15) is 11.6 Å². The van der Waals surface area contributed by atoms with Crippen LogP contribution in [0.4, 0.5) is 0 Å². The lowest BCUT2D eigenvalue weighted by Gasteiger charge is -2.25. The molecular formula is C21H22N4O3. The summed E-state index contributed by atoms with van der Waals surface area (Å²) in [6, 6.07) is 7.90. The molecule has 1 aliphatic rings. The van der Waals surface area contributed by atoms with E-state index in [4.69, 9.17) is 9.47 Å². The van der Waals surface area contributed by atoms with Crippen LogP contribution in [0.1, 0.15) is 5.82 Å². The molecule has 0 saturated carbocycles. The van der Waals surface area contributed by atoms with E-state index in [1.807, 2.05) is 24.3 Å². The van der Waals surface area contributed by atoms with E-state index in [1.165, 1.54) is 0 Å². The van der Waals surface area contributed by atoms with E-state index < -0.39 is 0 Å². The Morgan fingerprint density at radius 2 is 2.00 bits per heavy atom. The van der Waals surface area contributed by atoms with Crippen LogP contribution in [0, 0.1) is 0 Å². The van der Waals surface area contributed by atoms with Gasteiger partial charge in [0, 0.05) is 36.4 Å². The number of methoxy groups -OCH3 is 1. The van der Waals surface area contributed by atoms with Gasteiger partial charge in [0.2, 0.25) is 0 Å². The molecule has 1 aliphatic heterocycles. The Morgan fingerprint density at radius 3 is 2.82 bits per heavy atom. The minimum atomic E-state index is 0.120. The van der Waals surface area contributed by atoms with Gasteiger partial charge in [0.15, 0.2) is 5.78 Å². The van der Waals surface area contributed by atoms with Crippen molar-refractivity contribution in [2.45, 2.75) is 6.42 Å². The Morgan fingerprint density at radius 1 is 1.14 bits per heavy atom. The average Bonchev–Trinajstić information content (AvgIpc) is 2.74. The highest BCUT2D eigenvalue weighted by Crippen LogP contribution is 2.25. The molecule has 0 atom stereocenters. The van der Waals surface area contributed by atoms with Crippen LogP contribution in [0.5, 0.6) is 5.75 Å². The second kappa shape index (κ2) is 8.41. The van der Waals surface area contributed by atoms with E-state index >= 15 is 0 Å². The molecule has 3 heterocycles. The predicted molar refractivity (Wildman–Crippen MR) is 105 cm³/mol. The number of carbonyl (C=O) groups is 1. The maximum atomic E-state index is 12.4. The van der Waals surface area contributed by atoms with Gasteiger partial charge in [-0.2, -0.15) is 0 Å². The molecule has 7 heteroatoms. The lowest BCUT2D eigenvalue weighted by Crippen LogP contribution is -2.40. The van der Waals surface area contributed by atoms with Crippen molar-refractivity contribution in [3.05, 3.63) is 48.7 Å². The molecule has 7 nitrogen and oxygen atoms in total. The average molecular weight is 378 g/mol. The highest BCUT2D eigenvalue weighted by molar-refractivity contribution is 5.85. The summed E-state index contributed by atoms with van der Waals surface area (Å²) in [6.07, 6.45) is 5.47. The Bertz CT molecular complexity index is 986. The van der Waals surface area contributed by atoms with Crippen molar-refractivity contribution in [2.75, 3.05) is 40.0 Å². The molecule has 0 amide bonds. The summed E-state index contributed by atoms with van der Waals surface area (Å²) in [6.45, 7) is 3.37. The molecule has 0 radical (unpaired) electrons. The molecule has 0 N–H and O–H groups in total. The smallest absolute Gasteiger partial charge is 0.154 e. The predicted octanol–water partition coefficient (Wildman–Crippen LogP) is 2.14. The van der Waals surface area contributed by atoms with Crippen LogP contribution in [-0.2, 0) is 16.0 Å². The fraction of sp³-hybridized carbons (Fsp3) is 0.333. The number of ketones is 1. The monoisotopic (exact) mass is 378 g/mol. The number of morpholine rings is 1. The summed E-state index contributed by atoms with van der Waals surface area (Å²) in [4.78, 5) is 27.7. The third kappa shape index (κ3) is 4.32. The standard InChI is InChI=1S/C21H22N4O3/c1-27-19-8-17(11-22-13-19)15-2-3-16-12-23-21(24-20(16)9-15)10-18(26)14-25-4-6-28-7-5-25/h2-3,8-9,11-13H,4-7,10,14H2,1H3. The van der Waals surface area contributed by atoms with Crippen LogP contribution >= 0.6 is 0 Å². The number of Topliss-reactive ketones (excluding diaryl/α,β-unsaturated/α-hetero) is 1. The van der Waals surface area contributed by atoms with Gasteiger partial charge in [-0.25, -0.2) is 9.97 Å². The number of rotatable bonds is 6. The van der Waals surface area contributed by atoms with Crippen LogP contribution in [0.3, 0.4) is 0 Å². The van der Waals surface area contributed by atoms with Gasteiger partial charge in [0.25, 0.3) is 0 Å². The van der Waals surface area contributed by atoms with Gasteiger partial charge >= 0.3 is 0 Å². The molecule has 1 aromatic carbocycles. The number of pyridine rings is 1. The van der Waals surface area contributed by atoms with Crippen molar-refractivity contribution >= 4 is 16.7 Å². The summed E-state index contributed by atoms with van der Waals surface area (Å²) < 4.78 is 10.6. The van der Waals surface area contributed by atoms with Crippen molar-refractivity contribution < 1.29 is 14.3 Å². The normalized spacial score (nSPS) is 14.9. The minimum Gasteiger partial charge on any atom is -0.495 e. The number of hydrogen-bond donors (Lipinski definition) is 0. The van der Waals surface area contributed by atoms with E-state index in [0.29, 0.717) is 31.3 Å². The summed E-state index contributed by atoms with van der Waals surface area (Å²) in [5.41, 5.74) is 2.75. The first kappa shape index (κ1) is 18.5. The van der Waals surface area contributed by atoms with Gasteiger partial charge in [-0.05, 0) is 17.7 Å². The zero-order valence-electron chi connectivity index (χ0n) is 15.8. The maximum absolute atomic E-state index is 12.4. The lowest BCUT2D eigenvalue weighted by molar-refractivity contribution is -0.120. The lowest BCUT2D eigenvalue weighted by atomic mass is 10.1. The fourth-order valence-electron chi connectivity index (χ4n) is 3.26. The van der Waals surface area contributed by atoms with Crippen LogP contribution < -0.4 is 4.74 Å². The summed E-state index contributed by atoms with van der Waals surface area (Å²) in [7, 11) is 1.62. The van der Waals surface area contributed by atoms with Crippen molar-refractivity contribution in [3.63, 3.8) is 0 Å². The third-order valence-corrected chi connectivity index (χ3v) is 4.77. The Balaban J connectivity index is 1.53. The SMILES string of the molecule is COc1cncc(-c2ccc3cnc(CC(=O)CN4CCOCC4)nc3c2)c1. The molecule has 2 aromatic heterocycles. The summed E-state index contributed by atoms with van der Waals surface area (Å²) in [5, 5.41) is 0.934. The second-order valence-corrected chi connectivity index (χ2v) is 6.78. The third-order valence-electron chi connectivity index (χ3n) is 4.77. The molecular weight excluding hydrogens is 356 g/mol. The zero-order valence-corrected chi connectivity index (χ0v) is 15.8. The molecule has 0 spiro atoms. The molecule has 3 aromatic rings. The molecule has 0 bridgehead atoms. The summed E-state index contributed by atoms with van der Waals surface area (Å²) in [5.74, 6) is 1.37. The van der Waals surface area contributed by atoms with E-state index in [0.717, 1.165) is 35.1 Å². The number of hydrogen-bond acceptors (Lipinski definition) is 7. The first-order valence-corrected chi connectivity index (χ1v) is 9.28. The number of aromatic nitrogens is 3. The summed E-state index contributed by atoms with van der Waals surface area (Å²) >= 11 is 0. The number of fused-ring (bicyclic) bond motifs is 1. The first-order chi connectivity index (χ1) is 13.7. The van der Waals surface area contributed by atoms with Crippen LogP contribution in [0.2, 0.25) is 0 Å². The Hall–Kier alpha value is -2.90. The van der Waals surface area contributed by atoms with Crippen LogP contribution in [0.25, 0.3) is 22.0 Å². The van der Waals surface area contributed by atoms with Crippen LogP contribution in [0.15, 0.2) is 42.9 Å². The minimum absolute atomic E-state index is 0.120. The van der Waals surface area contributed by atoms with Gasteiger partial charge in [-0.15, -0.1) is 0 Å². The van der Waals surface area contributed by atoms with Gasteiger partial charge in [0.05, 0.1) is 45.0 Å².